The van der Waals surface area contributed by atoms with Crippen LogP contribution in [0.4, 0.5) is 0 Å². The number of carbonyl (C=O) groups is 1. The zero-order valence-corrected chi connectivity index (χ0v) is 12.3. The van der Waals surface area contributed by atoms with E-state index >= 15 is 0 Å². The molecule has 1 amide bonds. The highest BCUT2D eigenvalue weighted by Crippen LogP contribution is 2.22. The van der Waals surface area contributed by atoms with Gasteiger partial charge in [-0.05, 0) is 36.2 Å². The molecule has 0 aliphatic carbocycles. The van der Waals surface area contributed by atoms with Crippen LogP contribution in [0.15, 0.2) is 48.9 Å². The van der Waals surface area contributed by atoms with E-state index in [0.29, 0.717) is 13.1 Å². The molecule has 1 aliphatic rings. The number of aliphatic hydroxyl groups excluding tert-OH is 1. The van der Waals surface area contributed by atoms with E-state index in [9.17, 15) is 9.90 Å². The van der Waals surface area contributed by atoms with Crippen molar-refractivity contribution in [3.05, 3.63) is 60.2 Å². The molecule has 2 atom stereocenters. The van der Waals surface area contributed by atoms with Gasteiger partial charge in [0.2, 0.25) is 5.91 Å². The van der Waals surface area contributed by atoms with Crippen LogP contribution in [0.5, 0.6) is 0 Å². The van der Waals surface area contributed by atoms with E-state index in [2.05, 4.69) is 9.97 Å². The van der Waals surface area contributed by atoms with Crippen molar-refractivity contribution >= 4 is 5.91 Å². The van der Waals surface area contributed by atoms with Gasteiger partial charge in [-0.3, -0.25) is 14.8 Å². The second-order valence-corrected chi connectivity index (χ2v) is 5.68. The Morgan fingerprint density at radius 2 is 2.00 bits per heavy atom. The smallest absolute Gasteiger partial charge is 0.228 e. The maximum absolute atomic E-state index is 12.3. The monoisotopic (exact) mass is 297 g/mol. The number of likely N-dealkylation sites (tertiary alicyclic amines) is 1. The summed E-state index contributed by atoms with van der Waals surface area (Å²) in [5.41, 5.74) is 1.90. The Morgan fingerprint density at radius 1 is 1.18 bits per heavy atom. The molecule has 0 spiro atoms. The van der Waals surface area contributed by atoms with Gasteiger partial charge in [-0.1, -0.05) is 6.07 Å². The number of pyridine rings is 2. The quantitative estimate of drug-likeness (QED) is 0.917. The summed E-state index contributed by atoms with van der Waals surface area (Å²) in [6.07, 6.45) is 5.77. The lowest BCUT2D eigenvalue weighted by Crippen LogP contribution is -2.31. The molecule has 1 aliphatic heterocycles. The van der Waals surface area contributed by atoms with Crippen molar-refractivity contribution in [1.82, 2.24) is 14.9 Å². The molecule has 0 radical (unpaired) electrons. The summed E-state index contributed by atoms with van der Waals surface area (Å²) in [5.74, 6) is 0.102. The third-order valence-electron chi connectivity index (χ3n) is 4.06. The molecule has 0 unspecified atom stereocenters. The van der Waals surface area contributed by atoms with Gasteiger partial charge in [0.25, 0.3) is 0 Å². The first-order valence-electron chi connectivity index (χ1n) is 7.47. The average Bonchev–Trinajstić information content (AvgIpc) is 2.90. The molecule has 2 aromatic heterocycles. The normalized spacial score (nSPS) is 21.0. The van der Waals surface area contributed by atoms with Crippen molar-refractivity contribution in [1.29, 1.82) is 0 Å². The van der Waals surface area contributed by atoms with Crippen LogP contribution in [-0.2, 0) is 17.6 Å². The fraction of sp³-hybridized carbons (Fsp3) is 0.353. The zero-order valence-electron chi connectivity index (χ0n) is 12.3. The van der Waals surface area contributed by atoms with Crippen LogP contribution in [0.3, 0.4) is 0 Å². The first kappa shape index (κ1) is 14.7. The lowest BCUT2D eigenvalue weighted by atomic mass is 9.97. The summed E-state index contributed by atoms with van der Waals surface area (Å²) in [7, 11) is 0. The van der Waals surface area contributed by atoms with Crippen molar-refractivity contribution in [3.8, 4) is 0 Å². The van der Waals surface area contributed by atoms with Crippen LogP contribution in [0.25, 0.3) is 0 Å². The van der Waals surface area contributed by atoms with Gasteiger partial charge in [-0.2, -0.15) is 0 Å². The van der Waals surface area contributed by atoms with Crippen molar-refractivity contribution < 1.29 is 9.90 Å². The summed E-state index contributed by atoms with van der Waals surface area (Å²) >= 11 is 0. The molecule has 22 heavy (non-hydrogen) atoms. The highest BCUT2D eigenvalue weighted by Gasteiger charge is 2.33. The minimum absolute atomic E-state index is 0.0231. The Kier molecular flexibility index (Phi) is 4.44. The Balaban J connectivity index is 1.59. The lowest BCUT2D eigenvalue weighted by Gasteiger charge is -2.16. The van der Waals surface area contributed by atoms with Gasteiger partial charge in [-0.15, -0.1) is 0 Å². The molecule has 1 N–H and O–H groups in total. The van der Waals surface area contributed by atoms with E-state index in [4.69, 9.17) is 0 Å². The average molecular weight is 297 g/mol. The number of aliphatic hydroxyl groups is 1. The first-order chi connectivity index (χ1) is 10.7. The molecule has 5 nitrogen and oxygen atoms in total. The number of β-amino-alcohol motifs (C(OH)–C–C–N with tert-alkyl or cyclic N) is 1. The van der Waals surface area contributed by atoms with Crippen LogP contribution in [0.1, 0.15) is 11.3 Å². The van der Waals surface area contributed by atoms with E-state index in [0.717, 1.165) is 17.7 Å². The highest BCUT2D eigenvalue weighted by atomic mass is 16.3. The molecule has 0 saturated carbocycles. The predicted molar refractivity (Wildman–Crippen MR) is 82.0 cm³/mol. The second-order valence-electron chi connectivity index (χ2n) is 5.68. The summed E-state index contributed by atoms with van der Waals surface area (Å²) in [6, 6.07) is 9.45. The molecule has 3 rings (SSSR count). The second kappa shape index (κ2) is 6.66. The largest absolute Gasteiger partial charge is 0.391 e. The Labute approximate surface area is 129 Å². The molecule has 0 aromatic carbocycles. The summed E-state index contributed by atoms with van der Waals surface area (Å²) < 4.78 is 0. The van der Waals surface area contributed by atoms with Crippen LogP contribution in [-0.4, -0.2) is 45.1 Å². The van der Waals surface area contributed by atoms with Crippen LogP contribution in [0.2, 0.25) is 0 Å². The number of hydrogen-bond donors (Lipinski definition) is 1. The van der Waals surface area contributed by atoms with Crippen molar-refractivity contribution in [2.24, 2.45) is 5.92 Å². The molecule has 114 valence electrons. The number of nitrogens with zero attached hydrogens (tertiary/aromatic N) is 3. The predicted octanol–water partition coefficient (Wildman–Crippen LogP) is 1.08. The number of aromatic nitrogens is 2. The Morgan fingerprint density at radius 3 is 2.73 bits per heavy atom. The van der Waals surface area contributed by atoms with Crippen molar-refractivity contribution in [2.45, 2.75) is 18.9 Å². The van der Waals surface area contributed by atoms with E-state index in [1.165, 1.54) is 0 Å². The Bertz CT molecular complexity index is 618. The molecule has 3 heterocycles. The minimum Gasteiger partial charge on any atom is -0.391 e. The van der Waals surface area contributed by atoms with Crippen LogP contribution >= 0.6 is 0 Å². The van der Waals surface area contributed by atoms with Crippen LogP contribution in [0, 0.1) is 5.92 Å². The van der Waals surface area contributed by atoms with E-state index in [1.807, 2.05) is 30.3 Å². The molecule has 1 fully saturated rings. The molecule has 2 aromatic rings. The Hall–Kier alpha value is -2.27. The summed E-state index contributed by atoms with van der Waals surface area (Å²) in [6.45, 7) is 0.997. The third kappa shape index (κ3) is 3.49. The first-order valence-corrected chi connectivity index (χ1v) is 7.47. The third-order valence-corrected chi connectivity index (χ3v) is 4.06. The van der Waals surface area contributed by atoms with E-state index in [-0.39, 0.29) is 18.2 Å². The van der Waals surface area contributed by atoms with Gasteiger partial charge < -0.3 is 10.0 Å². The van der Waals surface area contributed by atoms with Gasteiger partial charge in [-0.25, -0.2) is 0 Å². The highest BCUT2D eigenvalue weighted by molar-refractivity contribution is 5.78. The lowest BCUT2D eigenvalue weighted by molar-refractivity contribution is -0.129. The molecule has 5 heteroatoms. The van der Waals surface area contributed by atoms with Crippen LogP contribution < -0.4 is 0 Å². The fourth-order valence-corrected chi connectivity index (χ4v) is 2.85. The standard InChI is InChI=1S/C17H19N3O2/c21-16-12-20(17(22)10-15-3-1-2-6-19-15)11-14(16)9-13-4-7-18-8-5-13/h1-8,14,16,21H,9-12H2/t14-,16-/m1/s1. The summed E-state index contributed by atoms with van der Waals surface area (Å²) in [4.78, 5) is 22.2. The number of hydrogen-bond acceptors (Lipinski definition) is 4. The maximum Gasteiger partial charge on any atom is 0.228 e. The fourth-order valence-electron chi connectivity index (χ4n) is 2.85. The van der Waals surface area contributed by atoms with Crippen molar-refractivity contribution in [2.75, 3.05) is 13.1 Å². The number of carbonyl (C=O) groups excluding carboxylic acids is 1. The van der Waals surface area contributed by atoms with Gasteiger partial charge >= 0.3 is 0 Å². The van der Waals surface area contributed by atoms with Gasteiger partial charge in [0.05, 0.1) is 12.5 Å². The number of rotatable bonds is 4. The molecular weight excluding hydrogens is 278 g/mol. The minimum atomic E-state index is -0.471. The topological polar surface area (TPSA) is 66.3 Å². The summed E-state index contributed by atoms with van der Waals surface area (Å²) in [5, 5.41) is 10.2. The SMILES string of the molecule is O=C(Cc1ccccn1)N1C[C@@H](Cc2ccncc2)[C@H](O)C1. The van der Waals surface area contributed by atoms with Gasteiger partial charge in [0.1, 0.15) is 0 Å². The van der Waals surface area contributed by atoms with Gasteiger partial charge in [0.15, 0.2) is 0 Å². The zero-order chi connectivity index (χ0) is 15.4. The van der Waals surface area contributed by atoms with Crippen molar-refractivity contribution in [3.63, 3.8) is 0 Å². The molecule has 0 bridgehead atoms. The van der Waals surface area contributed by atoms with E-state index in [1.54, 1.807) is 23.5 Å². The molecular formula is C17H19N3O2. The van der Waals surface area contributed by atoms with Gasteiger partial charge in [0, 0.05) is 43.3 Å². The van der Waals surface area contributed by atoms with E-state index < -0.39 is 6.10 Å². The number of amides is 1. The molecule has 1 saturated heterocycles. The maximum atomic E-state index is 12.3.